The van der Waals surface area contributed by atoms with Crippen LogP contribution in [-0.2, 0) is 14.3 Å². The van der Waals surface area contributed by atoms with E-state index < -0.39 is 12.0 Å². The van der Waals surface area contributed by atoms with Crippen LogP contribution in [0, 0.1) is 0 Å². The van der Waals surface area contributed by atoms with Crippen molar-refractivity contribution >= 4 is 35.0 Å². The molecule has 8 nitrogen and oxygen atoms in total. The first-order chi connectivity index (χ1) is 17.4. The fraction of sp³-hybridized carbons (Fsp3) is 0.269. The SMILES string of the molecule is COCCOC(=O)C1=C(C)N=c2sc(=Cc3ccc(OC)c(OC)c3)c(=O)n2C1c1ccccc1Cl. The molecule has 0 N–H and O–H groups in total. The smallest absolute Gasteiger partial charge is 0.338 e. The Bertz CT molecular complexity index is 1510. The summed E-state index contributed by atoms with van der Waals surface area (Å²) < 4.78 is 23.0. The van der Waals surface area contributed by atoms with Gasteiger partial charge < -0.3 is 18.9 Å². The Morgan fingerprint density at radius 3 is 2.56 bits per heavy atom. The average molecular weight is 529 g/mol. The maximum Gasteiger partial charge on any atom is 0.338 e. The highest BCUT2D eigenvalue weighted by molar-refractivity contribution is 7.07. The van der Waals surface area contributed by atoms with Gasteiger partial charge >= 0.3 is 5.97 Å². The van der Waals surface area contributed by atoms with Gasteiger partial charge in [-0.25, -0.2) is 9.79 Å². The molecular weight excluding hydrogens is 504 g/mol. The molecule has 2 heterocycles. The van der Waals surface area contributed by atoms with Gasteiger partial charge in [-0.2, -0.15) is 0 Å². The van der Waals surface area contributed by atoms with Crippen LogP contribution in [0.1, 0.15) is 24.1 Å². The average Bonchev–Trinajstić information content (AvgIpc) is 3.17. The van der Waals surface area contributed by atoms with Crippen LogP contribution in [-0.4, -0.2) is 45.1 Å². The quantitative estimate of drug-likeness (QED) is 0.330. The van der Waals surface area contributed by atoms with E-state index in [4.69, 9.17) is 30.5 Å². The van der Waals surface area contributed by atoms with Gasteiger partial charge in [-0.3, -0.25) is 9.36 Å². The summed E-state index contributed by atoms with van der Waals surface area (Å²) in [6.07, 6.45) is 1.76. The number of esters is 1. The van der Waals surface area contributed by atoms with Crippen molar-refractivity contribution in [3.8, 4) is 11.5 Å². The highest BCUT2D eigenvalue weighted by Gasteiger charge is 2.34. The second kappa shape index (κ2) is 11.1. The van der Waals surface area contributed by atoms with Gasteiger partial charge in [-0.05, 0) is 42.3 Å². The highest BCUT2D eigenvalue weighted by atomic mass is 35.5. The lowest BCUT2D eigenvalue weighted by atomic mass is 9.96. The minimum absolute atomic E-state index is 0.0745. The van der Waals surface area contributed by atoms with Crippen molar-refractivity contribution < 1.29 is 23.7 Å². The van der Waals surface area contributed by atoms with E-state index in [0.717, 1.165) is 5.56 Å². The van der Waals surface area contributed by atoms with Crippen molar-refractivity contribution in [1.29, 1.82) is 0 Å². The molecule has 0 saturated heterocycles. The van der Waals surface area contributed by atoms with Gasteiger partial charge in [0.25, 0.3) is 5.56 Å². The summed E-state index contributed by atoms with van der Waals surface area (Å²) in [5.74, 6) is 0.555. The summed E-state index contributed by atoms with van der Waals surface area (Å²) in [7, 11) is 4.63. The summed E-state index contributed by atoms with van der Waals surface area (Å²) in [6, 6.07) is 11.7. The lowest BCUT2D eigenvalue weighted by molar-refractivity contribution is -0.140. The number of carbonyl (C=O) groups excluding carboxylic acids is 1. The van der Waals surface area contributed by atoms with Crippen LogP contribution >= 0.6 is 22.9 Å². The van der Waals surface area contributed by atoms with Gasteiger partial charge in [-0.15, -0.1) is 0 Å². The van der Waals surface area contributed by atoms with E-state index in [0.29, 0.717) is 37.1 Å². The van der Waals surface area contributed by atoms with E-state index in [1.807, 2.05) is 12.1 Å². The number of halogens is 1. The Labute approximate surface area is 216 Å². The number of fused-ring (bicyclic) bond motifs is 1. The zero-order chi connectivity index (χ0) is 25.8. The molecule has 1 atom stereocenters. The van der Waals surface area contributed by atoms with Crippen molar-refractivity contribution in [1.82, 2.24) is 4.57 Å². The number of carbonyl (C=O) groups is 1. The van der Waals surface area contributed by atoms with Gasteiger partial charge in [0.15, 0.2) is 16.3 Å². The largest absolute Gasteiger partial charge is 0.493 e. The number of thiazole rings is 1. The Morgan fingerprint density at radius 2 is 1.86 bits per heavy atom. The first kappa shape index (κ1) is 25.7. The predicted molar refractivity (Wildman–Crippen MR) is 138 cm³/mol. The number of methoxy groups -OCH3 is 3. The van der Waals surface area contributed by atoms with Crippen molar-refractivity contribution in [3.63, 3.8) is 0 Å². The molecule has 10 heteroatoms. The molecule has 0 aliphatic carbocycles. The van der Waals surface area contributed by atoms with Gasteiger partial charge in [0.2, 0.25) is 0 Å². The Hall–Kier alpha value is -3.40. The van der Waals surface area contributed by atoms with Gasteiger partial charge in [-0.1, -0.05) is 47.2 Å². The normalized spacial score (nSPS) is 15.4. The first-order valence-electron chi connectivity index (χ1n) is 11.0. The predicted octanol–water partition coefficient (Wildman–Crippen LogP) is 3.10. The number of rotatable bonds is 8. The number of hydrogen-bond acceptors (Lipinski definition) is 8. The molecule has 0 bridgehead atoms. The summed E-state index contributed by atoms with van der Waals surface area (Å²) in [5.41, 5.74) is 1.77. The number of ether oxygens (including phenoxy) is 4. The Balaban J connectivity index is 1.89. The molecule has 2 aromatic carbocycles. The fourth-order valence-electron chi connectivity index (χ4n) is 3.96. The second-order valence-electron chi connectivity index (χ2n) is 7.85. The minimum atomic E-state index is -0.794. The van der Waals surface area contributed by atoms with Crippen LogP contribution in [0.2, 0.25) is 5.02 Å². The third-order valence-corrected chi connectivity index (χ3v) is 6.99. The first-order valence-corrected chi connectivity index (χ1v) is 12.2. The van der Waals surface area contributed by atoms with E-state index in [2.05, 4.69) is 4.99 Å². The van der Waals surface area contributed by atoms with Crippen LogP contribution in [0.3, 0.4) is 0 Å². The van der Waals surface area contributed by atoms with Crippen LogP contribution in [0.15, 0.2) is 63.5 Å². The maximum atomic E-state index is 13.7. The number of nitrogens with zero attached hydrogens (tertiary/aromatic N) is 2. The molecule has 3 aromatic rings. The molecule has 1 aliphatic heterocycles. The zero-order valence-electron chi connectivity index (χ0n) is 20.2. The number of allylic oxidation sites excluding steroid dienone is 1. The molecular formula is C26H25ClN2O6S. The summed E-state index contributed by atoms with van der Waals surface area (Å²) in [6.45, 7) is 2.05. The van der Waals surface area contributed by atoms with E-state index in [1.165, 1.54) is 23.0 Å². The van der Waals surface area contributed by atoms with Crippen LogP contribution in [0.25, 0.3) is 6.08 Å². The molecule has 1 aliphatic rings. The second-order valence-corrected chi connectivity index (χ2v) is 9.26. The van der Waals surface area contributed by atoms with Gasteiger partial charge in [0.05, 0.1) is 36.6 Å². The standard InChI is InChI=1S/C26H25ClN2O6S/c1-15-22(25(31)35-12-11-32-2)23(17-7-5-6-8-18(17)27)29-24(30)21(36-26(29)28-15)14-16-9-10-19(33-3)20(13-16)34-4/h5-10,13-14,23H,11-12H2,1-4H3. The molecule has 0 spiro atoms. The van der Waals surface area contributed by atoms with E-state index >= 15 is 0 Å². The van der Waals surface area contributed by atoms with Gasteiger partial charge in [0, 0.05) is 12.1 Å². The zero-order valence-corrected chi connectivity index (χ0v) is 21.8. The molecule has 1 aromatic heterocycles. The summed E-state index contributed by atoms with van der Waals surface area (Å²) in [5, 5.41) is 0.425. The third kappa shape index (κ3) is 4.95. The summed E-state index contributed by atoms with van der Waals surface area (Å²) in [4.78, 5) is 31.9. The lowest BCUT2D eigenvalue weighted by Crippen LogP contribution is -2.40. The van der Waals surface area contributed by atoms with Crippen molar-refractivity contribution in [2.45, 2.75) is 13.0 Å². The fourth-order valence-corrected chi connectivity index (χ4v) is 5.25. The monoisotopic (exact) mass is 528 g/mol. The van der Waals surface area contributed by atoms with Crippen LogP contribution < -0.4 is 24.4 Å². The highest BCUT2D eigenvalue weighted by Crippen LogP contribution is 2.34. The molecule has 4 rings (SSSR count). The topological polar surface area (TPSA) is 88.4 Å². The molecule has 0 saturated carbocycles. The Kier molecular flexibility index (Phi) is 7.93. The maximum absolute atomic E-state index is 13.7. The molecule has 0 amide bonds. The van der Waals surface area contributed by atoms with Crippen molar-refractivity contribution in [3.05, 3.63) is 89.6 Å². The van der Waals surface area contributed by atoms with Crippen LogP contribution in [0.5, 0.6) is 11.5 Å². The van der Waals surface area contributed by atoms with E-state index in [1.54, 1.807) is 57.6 Å². The van der Waals surface area contributed by atoms with E-state index in [9.17, 15) is 9.59 Å². The minimum Gasteiger partial charge on any atom is -0.493 e. The Morgan fingerprint density at radius 1 is 1.11 bits per heavy atom. The number of benzene rings is 2. The third-order valence-electron chi connectivity index (χ3n) is 5.67. The number of aromatic nitrogens is 1. The van der Waals surface area contributed by atoms with Crippen molar-refractivity contribution in [2.75, 3.05) is 34.5 Å². The van der Waals surface area contributed by atoms with Crippen LogP contribution in [0.4, 0.5) is 0 Å². The lowest BCUT2D eigenvalue weighted by Gasteiger charge is -2.25. The molecule has 188 valence electrons. The van der Waals surface area contributed by atoms with Gasteiger partial charge in [0.1, 0.15) is 12.6 Å². The van der Waals surface area contributed by atoms with E-state index in [-0.39, 0.29) is 24.3 Å². The molecule has 36 heavy (non-hydrogen) atoms. The summed E-state index contributed by atoms with van der Waals surface area (Å²) >= 11 is 7.78. The molecule has 0 radical (unpaired) electrons. The molecule has 1 unspecified atom stereocenters. The number of hydrogen-bond donors (Lipinski definition) is 0. The van der Waals surface area contributed by atoms with Crippen molar-refractivity contribution in [2.24, 2.45) is 4.99 Å². The molecule has 0 fully saturated rings.